The van der Waals surface area contributed by atoms with Gasteiger partial charge in [-0.2, -0.15) is 0 Å². The summed E-state index contributed by atoms with van der Waals surface area (Å²) in [6, 6.07) is 14.8. The quantitative estimate of drug-likeness (QED) is 0.0527. The summed E-state index contributed by atoms with van der Waals surface area (Å²) in [5.74, 6) is -11.7. The van der Waals surface area contributed by atoms with Crippen LogP contribution in [0.4, 0.5) is 0 Å². The molecule has 2 fully saturated rings. The molecular weight excluding hydrogens is 1010 g/mol. The first-order valence-corrected chi connectivity index (χ1v) is 22.2. The Labute approximate surface area is 429 Å². The van der Waals surface area contributed by atoms with Crippen LogP contribution in [0, 0.1) is 0 Å². The van der Waals surface area contributed by atoms with Gasteiger partial charge in [0.15, 0.2) is 103 Å². The molecule has 2 aliphatic rings. The molecule has 24 nitrogen and oxygen atoms in total. The topological polar surface area (TPSA) is 445 Å². The molecule has 2 saturated carbocycles. The van der Waals surface area contributed by atoms with E-state index in [0.29, 0.717) is 18.2 Å². The van der Waals surface area contributed by atoms with E-state index < -0.39 is 130 Å². The molecule has 404 valence electrons. The molecule has 4 aromatic carbocycles. The highest BCUT2D eigenvalue weighted by Crippen LogP contribution is 2.47. The van der Waals surface area contributed by atoms with Gasteiger partial charge in [-0.25, -0.2) is 9.59 Å². The lowest BCUT2D eigenvalue weighted by molar-refractivity contribution is -0.243. The van der Waals surface area contributed by atoms with Crippen LogP contribution in [-0.4, -0.2) is 177 Å². The molecule has 0 bridgehead atoms. The highest BCUT2D eigenvalue weighted by molar-refractivity contribution is 6.12. The van der Waals surface area contributed by atoms with Crippen LogP contribution in [0.3, 0.4) is 0 Å². The number of carboxylic acid groups (broad SMARTS) is 2. The Morgan fingerprint density at radius 1 is 0.434 bits per heavy atom. The second-order valence-electron chi connectivity index (χ2n) is 17.9. The van der Waals surface area contributed by atoms with Gasteiger partial charge in [0.25, 0.3) is 0 Å². The number of aliphatic hydroxyl groups excluding tert-OH is 2. The van der Waals surface area contributed by atoms with Gasteiger partial charge in [0, 0.05) is 25.7 Å². The number of hydrogen-bond donors (Lipinski definition) is 16. The van der Waals surface area contributed by atoms with Gasteiger partial charge in [0.05, 0.1) is 26.4 Å². The Balaban J connectivity index is 0.000000281. The molecule has 0 aliphatic heterocycles. The van der Waals surface area contributed by atoms with Gasteiger partial charge >= 0.3 is 11.9 Å². The van der Waals surface area contributed by atoms with Crippen molar-refractivity contribution in [3.63, 3.8) is 0 Å². The van der Waals surface area contributed by atoms with E-state index in [-0.39, 0.29) is 45.3 Å². The summed E-state index contributed by atoms with van der Waals surface area (Å²) in [5.41, 5.74) is -18.1. The van der Waals surface area contributed by atoms with Gasteiger partial charge in [-0.1, -0.05) is 48.6 Å². The lowest BCUT2D eigenvalue weighted by Gasteiger charge is -2.50. The number of aliphatic hydroxyl groups is 8. The van der Waals surface area contributed by atoms with Crippen molar-refractivity contribution < 1.29 is 120 Å². The molecule has 6 rings (SSSR count). The normalized spacial score (nSPS) is 27.4. The van der Waals surface area contributed by atoms with Crippen LogP contribution < -0.4 is 9.47 Å². The summed E-state index contributed by atoms with van der Waals surface area (Å²) in [6.45, 7) is 0. The third-order valence-electron chi connectivity index (χ3n) is 12.9. The van der Waals surface area contributed by atoms with E-state index in [9.17, 15) is 110 Å². The van der Waals surface area contributed by atoms with Crippen LogP contribution in [0.25, 0.3) is 24.3 Å². The number of rotatable bonds is 16. The van der Waals surface area contributed by atoms with Crippen LogP contribution >= 0.6 is 0 Å². The van der Waals surface area contributed by atoms with E-state index in [1.54, 1.807) is 0 Å². The van der Waals surface area contributed by atoms with E-state index in [2.05, 4.69) is 0 Å². The van der Waals surface area contributed by atoms with Crippen LogP contribution in [-0.2, 0) is 28.8 Å². The molecular formula is C52H52O24. The minimum absolute atomic E-state index is 0.0451. The highest BCUT2D eigenvalue weighted by Gasteiger charge is 2.71. The fraction of sp³-hybridized carbons (Fsp3) is 0.269. The van der Waals surface area contributed by atoms with Crippen LogP contribution in [0.15, 0.2) is 97.1 Å². The third kappa shape index (κ3) is 11.3. The maximum absolute atomic E-state index is 13.2. The van der Waals surface area contributed by atoms with Crippen molar-refractivity contribution in [2.75, 3.05) is 14.2 Å². The molecule has 76 heavy (non-hydrogen) atoms. The van der Waals surface area contributed by atoms with Gasteiger partial charge in [0.2, 0.25) is 0 Å². The summed E-state index contributed by atoms with van der Waals surface area (Å²) in [6.07, 6.45) is -2.54. The number of ether oxygens (including phenoxy) is 2. The Hall–Kier alpha value is -8.46. The zero-order valence-electron chi connectivity index (χ0n) is 40.0. The number of aliphatic carboxylic acids is 2. The maximum atomic E-state index is 13.2. The van der Waals surface area contributed by atoms with Crippen molar-refractivity contribution in [2.24, 2.45) is 0 Å². The fourth-order valence-electron chi connectivity index (χ4n) is 8.46. The Morgan fingerprint density at radius 3 is 0.987 bits per heavy atom. The predicted molar refractivity (Wildman–Crippen MR) is 260 cm³/mol. The van der Waals surface area contributed by atoms with Crippen LogP contribution in [0.1, 0.15) is 47.9 Å². The smallest absolute Gasteiger partial charge is 0.335 e. The summed E-state index contributed by atoms with van der Waals surface area (Å²) < 4.78 is 9.94. The number of carbonyl (C=O) groups is 6. The molecule has 24 heteroatoms. The molecule has 4 aromatic rings. The Bertz CT molecular complexity index is 3070. The first kappa shape index (κ1) is 58.4. The van der Waals surface area contributed by atoms with E-state index in [0.717, 1.165) is 54.6 Å². The van der Waals surface area contributed by atoms with E-state index in [1.807, 2.05) is 0 Å². The fourth-order valence-corrected chi connectivity index (χ4v) is 8.46. The minimum Gasteiger partial charge on any atom is -0.504 e. The average Bonchev–Trinajstić information content (AvgIpc) is 3.36. The molecule has 0 saturated heterocycles. The van der Waals surface area contributed by atoms with E-state index in [1.165, 1.54) is 62.8 Å². The van der Waals surface area contributed by atoms with E-state index >= 15 is 0 Å². The summed E-state index contributed by atoms with van der Waals surface area (Å²) in [4.78, 5) is 76.1. The largest absolute Gasteiger partial charge is 0.504 e. The second-order valence-corrected chi connectivity index (χ2v) is 17.9. The first-order chi connectivity index (χ1) is 35.3. The van der Waals surface area contributed by atoms with Crippen molar-refractivity contribution in [2.45, 2.75) is 71.5 Å². The number of ketones is 4. The van der Waals surface area contributed by atoms with Crippen molar-refractivity contribution in [3.8, 4) is 46.0 Å². The second kappa shape index (κ2) is 22.2. The summed E-state index contributed by atoms with van der Waals surface area (Å²) in [7, 11) is 2.57. The molecule has 0 heterocycles. The number of aromatic hydroxyl groups is 6. The lowest BCUT2D eigenvalue weighted by Crippen LogP contribution is -2.75. The van der Waals surface area contributed by atoms with E-state index in [4.69, 9.17) is 9.47 Å². The number of phenolic OH excluding ortho intramolecular Hbond substituents is 6. The van der Waals surface area contributed by atoms with Gasteiger partial charge in [0.1, 0.15) is 0 Å². The summed E-state index contributed by atoms with van der Waals surface area (Å²) in [5, 5.41) is 164. The minimum atomic E-state index is -3.32. The Kier molecular flexibility index (Phi) is 17.0. The Morgan fingerprint density at radius 2 is 0.711 bits per heavy atom. The molecule has 0 spiro atoms. The highest BCUT2D eigenvalue weighted by atomic mass is 16.5. The van der Waals surface area contributed by atoms with Gasteiger partial charge in [-0.05, 0) is 95.1 Å². The number of carboxylic acids is 2. The standard InChI is InChI=1S/2C26H26O12/c1-38-19-11-15(3-7-17(19)28)4-8-20(30)25(36)13-24(35,23(33)34)12-22(32)26(25,37)21(31)9-5-14-2-6-16(27)18(29)10-14;1-38-19-11-15(3-7-17(19)28)5-9-21(31)26(37)22(32)12-24(35,23(33)34)13-25(26,36)20(30)8-4-14-2-6-16(27)18(29)10-14/h2*2-11,22,27-29,32,35-37H,12-13H2,1H3,(H,33,34)/b2*8-4+,9-5+/t2*22-,24?,25+,26?/m11/s1. The average molecular weight is 1060 g/mol. The third-order valence-corrected chi connectivity index (χ3v) is 12.9. The number of hydrogen-bond acceptors (Lipinski definition) is 22. The molecule has 8 atom stereocenters. The van der Waals surface area contributed by atoms with Gasteiger partial charge in [-0.3, -0.25) is 19.2 Å². The number of benzene rings is 4. The molecule has 16 N–H and O–H groups in total. The van der Waals surface area contributed by atoms with Crippen molar-refractivity contribution >= 4 is 59.4 Å². The van der Waals surface area contributed by atoms with Crippen molar-refractivity contribution in [1.29, 1.82) is 0 Å². The molecule has 2 aliphatic carbocycles. The number of methoxy groups -OCH3 is 2. The van der Waals surface area contributed by atoms with Gasteiger partial charge < -0.3 is 91.2 Å². The van der Waals surface area contributed by atoms with Crippen LogP contribution in [0.5, 0.6) is 46.0 Å². The first-order valence-electron chi connectivity index (χ1n) is 22.2. The zero-order chi connectivity index (χ0) is 56.9. The van der Waals surface area contributed by atoms with Crippen molar-refractivity contribution in [3.05, 3.63) is 119 Å². The lowest BCUT2D eigenvalue weighted by atomic mass is 9.60. The zero-order valence-corrected chi connectivity index (χ0v) is 40.0. The van der Waals surface area contributed by atoms with Crippen molar-refractivity contribution in [1.82, 2.24) is 0 Å². The SMILES string of the molecule is COc1cc(/C=C/C(=O)C2(O)[C@H](O)CC(O)(C(=O)O)C[C@]2(O)C(=O)/C=C/c2ccc(O)c(O)c2)ccc1O.COc1cc(/C=C/C(=O)[C@@]2(O)CC(O)(C(=O)O)C[C@@H](O)C2(O)C(=O)/C=C/c2ccc(O)c(O)c2)ccc1O. The molecule has 0 radical (unpaired) electrons. The maximum Gasteiger partial charge on any atom is 0.335 e. The number of phenols is 6. The molecule has 0 amide bonds. The predicted octanol–water partition coefficient (Wildman–Crippen LogP) is 0.219. The number of carbonyl (C=O) groups excluding carboxylic acids is 4. The summed E-state index contributed by atoms with van der Waals surface area (Å²) >= 11 is 0. The monoisotopic (exact) mass is 1060 g/mol. The van der Waals surface area contributed by atoms with Crippen LogP contribution in [0.2, 0.25) is 0 Å². The van der Waals surface area contributed by atoms with Gasteiger partial charge in [-0.15, -0.1) is 0 Å². The molecule has 0 aromatic heterocycles. The molecule has 4 unspecified atom stereocenters.